The Labute approximate surface area is 177 Å². The highest BCUT2D eigenvalue weighted by molar-refractivity contribution is 5.99. The second-order valence-electron chi connectivity index (χ2n) is 7.95. The third kappa shape index (κ3) is 5.79. The standard InChI is InChI=1S/C23H29N3O4/c1-15(2)11-22(27)24-19-7-5-18(6-8-19)12-23(28)26-10-9-20(13-26)29-14-21-16(3)25-30-17(21)4/h5-8,11,20H,9-10,12-14H2,1-4H3,(H,24,27)/t20-/m0/s1. The smallest absolute Gasteiger partial charge is 0.248 e. The number of hydrogen-bond acceptors (Lipinski definition) is 5. The molecule has 0 radical (unpaired) electrons. The first kappa shape index (κ1) is 21.8. The van der Waals surface area contributed by atoms with Gasteiger partial charge in [-0.25, -0.2) is 0 Å². The molecule has 0 spiro atoms. The monoisotopic (exact) mass is 411 g/mol. The van der Waals surface area contributed by atoms with E-state index in [2.05, 4.69) is 10.5 Å². The van der Waals surface area contributed by atoms with Crippen LogP contribution < -0.4 is 5.32 Å². The minimum Gasteiger partial charge on any atom is -0.371 e. The zero-order valence-corrected chi connectivity index (χ0v) is 18.0. The molecule has 0 aliphatic carbocycles. The number of aromatic nitrogens is 1. The highest BCUT2D eigenvalue weighted by Gasteiger charge is 2.27. The molecule has 160 valence electrons. The molecule has 30 heavy (non-hydrogen) atoms. The molecule has 1 aliphatic heterocycles. The first-order valence-electron chi connectivity index (χ1n) is 10.2. The highest BCUT2D eigenvalue weighted by Crippen LogP contribution is 2.19. The SMILES string of the molecule is CC(C)=CC(=O)Nc1ccc(CC(=O)N2CC[C@H](OCc3c(C)noc3C)C2)cc1. The van der Waals surface area contributed by atoms with Crippen molar-refractivity contribution in [3.05, 3.63) is 58.5 Å². The third-order valence-corrected chi connectivity index (χ3v) is 5.14. The maximum Gasteiger partial charge on any atom is 0.248 e. The molecule has 1 N–H and O–H groups in total. The molecule has 1 atom stereocenters. The maximum atomic E-state index is 12.7. The molecular formula is C23H29N3O4. The van der Waals surface area contributed by atoms with Gasteiger partial charge in [-0.05, 0) is 51.8 Å². The molecule has 1 aromatic heterocycles. The van der Waals surface area contributed by atoms with Crippen LogP contribution in [0.4, 0.5) is 5.69 Å². The molecule has 2 amide bonds. The molecule has 0 unspecified atom stereocenters. The largest absolute Gasteiger partial charge is 0.371 e. The van der Waals surface area contributed by atoms with Crippen LogP contribution in [0, 0.1) is 13.8 Å². The van der Waals surface area contributed by atoms with Crippen molar-refractivity contribution in [1.82, 2.24) is 10.1 Å². The predicted octanol–water partition coefficient (Wildman–Crippen LogP) is 3.56. The quantitative estimate of drug-likeness (QED) is 0.704. The van der Waals surface area contributed by atoms with Gasteiger partial charge in [0.15, 0.2) is 0 Å². The molecule has 1 fully saturated rings. The third-order valence-electron chi connectivity index (χ3n) is 5.14. The number of likely N-dealkylation sites (tertiary alicyclic amines) is 1. The van der Waals surface area contributed by atoms with Gasteiger partial charge in [0.1, 0.15) is 5.76 Å². The van der Waals surface area contributed by atoms with Gasteiger partial charge in [0.25, 0.3) is 0 Å². The number of carbonyl (C=O) groups is 2. The van der Waals surface area contributed by atoms with E-state index in [0.717, 1.165) is 34.6 Å². The minimum absolute atomic E-state index is 0.0234. The van der Waals surface area contributed by atoms with Crippen LogP contribution in [-0.4, -0.2) is 41.1 Å². The van der Waals surface area contributed by atoms with Crippen molar-refractivity contribution in [2.24, 2.45) is 0 Å². The van der Waals surface area contributed by atoms with Gasteiger partial charge in [0.05, 0.1) is 24.8 Å². The van der Waals surface area contributed by atoms with Gasteiger partial charge in [0, 0.05) is 30.4 Å². The average molecular weight is 412 g/mol. The summed E-state index contributed by atoms with van der Waals surface area (Å²) in [6, 6.07) is 7.38. The Kier molecular flexibility index (Phi) is 7.05. The number of nitrogens with zero attached hydrogens (tertiary/aromatic N) is 2. The Morgan fingerprint density at radius 2 is 2.00 bits per heavy atom. The highest BCUT2D eigenvalue weighted by atomic mass is 16.5. The second-order valence-corrected chi connectivity index (χ2v) is 7.95. The zero-order valence-electron chi connectivity index (χ0n) is 18.0. The number of nitrogens with one attached hydrogen (secondary N) is 1. The summed E-state index contributed by atoms with van der Waals surface area (Å²) in [5, 5.41) is 6.75. The van der Waals surface area contributed by atoms with Crippen molar-refractivity contribution < 1.29 is 18.8 Å². The van der Waals surface area contributed by atoms with Gasteiger partial charge in [0.2, 0.25) is 11.8 Å². The molecule has 0 bridgehead atoms. The Hall–Kier alpha value is -2.93. The van der Waals surface area contributed by atoms with Gasteiger partial charge in [-0.3, -0.25) is 9.59 Å². The van der Waals surface area contributed by atoms with Gasteiger partial charge < -0.3 is 19.5 Å². The molecule has 1 aliphatic rings. The van der Waals surface area contributed by atoms with Crippen molar-refractivity contribution in [2.75, 3.05) is 18.4 Å². The first-order valence-corrected chi connectivity index (χ1v) is 10.2. The Morgan fingerprint density at radius 3 is 2.63 bits per heavy atom. The summed E-state index contributed by atoms with van der Waals surface area (Å²) in [6.45, 7) is 9.27. The van der Waals surface area contributed by atoms with E-state index in [4.69, 9.17) is 9.26 Å². The van der Waals surface area contributed by atoms with Crippen molar-refractivity contribution in [3.8, 4) is 0 Å². The summed E-state index contributed by atoms with van der Waals surface area (Å²) in [7, 11) is 0. The van der Waals surface area contributed by atoms with Gasteiger partial charge in [-0.15, -0.1) is 0 Å². The fourth-order valence-electron chi connectivity index (χ4n) is 3.43. The molecule has 3 rings (SSSR count). The number of carbonyl (C=O) groups excluding carboxylic acids is 2. The summed E-state index contributed by atoms with van der Waals surface area (Å²) in [5.74, 6) is 0.706. The van der Waals surface area contributed by atoms with Gasteiger partial charge in [-0.1, -0.05) is 22.9 Å². The number of benzene rings is 1. The van der Waals surface area contributed by atoms with Gasteiger partial charge in [-0.2, -0.15) is 0 Å². The van der Waals surface area contributed by atoms with Gasteiger partial charge >= 0.3 is 0 Å². The van der Waals surface area contributed by atoms with Crippen LogP contribution in [0.15, 0.2) is 40.4 Å². The summed E-state index contributed by atoms with van der Waals surface area (Å²) in [6.07, 6.45) is 2.73. The fourth-order valence-corrected chi connectivity index (χ4v) is 3.43. The number of amides is 2. The van der Waals surface area contributed by atoms with E-state index in [-0.39, 0.29) is 17.9 Å². The normalized spacial score (nSPS) is 15.9. The molecule has 2 heterocycles. The zero-order chi connectivity index (χ0) is 21.7. The van der Waals surface area contributed by atoms with Crippen molar-refractivity contribution in [2.45, 2.75) is 53.2 Å². The lowest BCUT2D eigenvalue weighted by Crippen LogP contribution is -2.31. The van der Waals surface area contributed by atoms with E-state index in [9.17, 15) is 9.59 Å². The summed E-state index contributed by atoms with van der Waals surface area (Å²) in [5.41, 5.74) is 4.40. The maximum absolute atomic E-state index is 12.7. The molecule has 2 aromatic rings. The fraction of sp³-hybridized carbons (Fsp3) is 0.435. The van der Waals surface area contributed by atoms with Crippen molar-refractivity contribution in [3.63, 3.8) is 0 Å². The van der Waals surface area contributed by atoms with E-state index in [1.807, 2.05) is 56.9 Å². The van der Waals surface area contributed by atoms with E-state index in [1.165, 1.54) is 0 Å². The topological polar surface area (TPSA) is 84.7 Å². The van der Waals surface area contributed by atoms with Crippen LogP contribution in [0.2, 0.25) is 0 Å². The minimum atomic E-state index is -0.154. The first-order chi connectivity index (χ1) is 14.3. The second kappa shape index (κ2) is 9.71. The molecule has 0 saturated carbocycles. The van der Waals surface area contributed by atoms with E-state index in [0.29, 0.717) is 31.8 Å². The molecule has 7 heteroatoms. The number of anilines is 1. The molecule has 7 nitrogen and oxygen atoms in total. The number of rotatable bonds is 7. The summed E-state index contributed by atoms with van der Waals surface area (Å²) >= 11 is 0. The molecule has 1 aromatic carbocycles. The number of allylic oxidation sites excluding steroid dienone is 1. The Bertz CT molecular complexity index is 907. The van der Waals surface area contributed by atoms with Crippen LogP contribution in [0.5, 0.6) is 0 Å². The number of aryl methyl sites for hydroxylation is 2. The van der Waals surface area contributed by atoms with E-state index < -0.39 is 0 Å². The summed E-state index contributed by atoms with van der Waals surface area (Å²) in [4.78, 5) is 26.3. The van der Waals surface area contributed by atoms with Crippen LogP contribution in [-0.2, 0) is 27.4 Å². The Morgan fingerprint density at radius 1 is 1.27 bits per heavy atom. The summed E-state index contributed by atoms with van der Waals surface area (Å²) < 4.78 is 11.1. The number of ether oxygens (including phenoxy) is 1. The molecule has 1 saturated heterocycles. The lowest BCUT2D eigenvalue weighted by atomic mass is 10.1. The van der Waals surface area contributed by atoms with E-state index >= 15 is 0 Å². The van der Waals surface area contributed by atoms with Crippen LogP contribution in [0.3, 0.4) is 0 Å². The van der Waals surface area contributed by atoms with E-state index in [1.54, 1.807) is 6.08 Å². The number of hydrogen-bond donors (Lipinski definition) is 1. The lowest BCUT2D eigenvalue weighted by Gasteiger charge is -2.17. The molecular weight excluding hydrogens is 382 g/mol. The van der Waals surface area contributed by atoms with Crippen LogP contribution in [0.25, 0.3) is 0 Å². The van der Waals surface area contributed by atoms with Crippen molar-refractivity contribution in [1.29, 1.82) is 0 Å². The lowest BCUT2D eigenvalue weighted by molar-refractivity contribution is -0.130. The van der Waals surface area contributed by atoms with Crippen molar-refractivity contribution >= 4 is 17.5 Å². The van der Waals surface area contributed by atoms with Crippen LogP contribution >= 0.6 is 0 Å². The Balaban J connectivity index is 1.47. The van der Waals surface area contributed by atoms with Crippen LogP contribution in [0.1, 0.15) is 42.8 Å². The average Bonchev–Trinajstić information content (AvgIpc) is 3.28. The predicted molar refractivity (Wildman–Crippen MR) is 114 cm³/mol.